The fourth-order valence-electron chi connectivity index (χ4n) is 2.61. The number of amides is 2. The second-order valence-corrected chi connectivity index (χ2v) is 7.25. The van der Waals surface area contributed by atoms with Crippen LogP contribution in [0.1, 0.15) is 39.7 Å². The number of carbonyl (C=O) groups excluding carboxylic acids is 2. The summed E-state index contributed by atoms with van der Waals surface area (Å²) in [6, 6.07) is 13.7. The van der Waals surface area contributed by atoms with Crippen molar-refractivity contribution in [3.63, 3.8) is 0 Å². The lowest BCUT2D eigenvalue weighted by atomic mass is 9.87. The van der Waals surface area contributed by atoms with E-state index in [1.54, 1.807) is 12.1 Å². The molecule has 0 aliphatic rings. The number of nitrogens with zero attached hydrogens (tertiary/aromatic N) is 1. The van der Waals surface area contributed by atoms with Gasteiger partial charge in [0.25, 0.3) is 0 Å². The summed E-state index contributed by atoms with van der Waals surface area (Å²) in [6.07, 6.45) is 0.0783. The number of nitrogens with one attached hydrogen (secondary N) is 1. The molecule has 0 bridgehead atoms. The minimum atomic E-state index is -0.485. The van der Waals surface area contributed by atoms with Crippen molar-refractivity contribution < 1.29 is 14.0 Å². The van der Waals surface area contributed by atoms with E-state index >= 15 is 0 Å². The van der Waals surface area contributed by atoms with Gasteiger partial charge in [-0.2, -0.15) is 0 Å². The van der Waals surface area contributed by atoms with Crippen molar-refractivity contribution in [2.45, 2.75) is 39.5 Å². The first-order valence-corrected chi connectivity index (χ1v) is 8.61. The van der Waals surface area contributed by atoms with Crippen LogP contribution in [-0.2, 0) is 15.0 Å². The van der Waals surface area contributed by atoms with Gasteiger partial charge in [-0.05, 0) is 35.2 Å². The zero-order valence-electron chi connectivity index (χ0n) is 15.7. The van der Waals surface area contributed by atoms with Gasteiger partial charge in [0.15, 0.2) is 0 Å². The molecular weight excluding hydrogens is 331 g/mol. The van der Waals surface area contributed by atoms with Crippen molar-refractivity contribution in [2.75, 3.05) is 16.8 Å². The van der Waals surface area contributed by atoms with Crippen molar-refractivity contribution in [3.8, 4) is 0 Å². The van der Waals surface area contributed by atoms with Crippen molar-refractivity contribution in [1.29, 1.82) is 0 Å². The number of hydrogen-bond donors (Lipinski definition) is 1. The molecule has 138 valence electrons. The Morgan fingerprint density at radius 1 is 1.04 bits per heavy atom. The lowest BCUT2D eigenvalue weighted by Gasteiger charge is -2.21. The molecule has 0 radical (unpaired) electrons. The summed E-state index contributed by atoms with van der Waals surface area (Å²) in [6.45, 7) is 7.84. The van der Waals surface area contributed by atoms with Crippen LogP contribution in [0, 0.1) is 5.82 Å². The second-order valence-electron chi connectivity index (χ2n) is 7.25. The first-order chi connectivity index (χ1) is 12.2. The van der Waals surface area contributed by atoms with Crippen LogP contribution in [0.15, 0.2) is 48.5 Å². The fraction of sp³-hybridized carbons (Fsp3) is 0.333. The molecule has 4 nitrogen and oxygen atoms in total. The average molecular weight is 356 g/mol. The van der Waals surface area contributed by atoms with E-state index in [9.17, 15) is 14.0 Å². The third-order valence-electron chi connectivity index (χ3n) is 4.12. The average Bonchev–Trinajstić information content (AvgIpc) is 2.56. The van der Waals surface area contributed by atoms with E-state index in [1.807, 2.05) is 24.3 Å². The van der Waals surface area contributed by atoms with Crippen LogP contribution in [0.5, 0.6) is 0 Å². The van der Waals surface area contributed by atoms with Crippen molar-refractivity contribution >= 4 is 23.2 Å². The number of para-hydroxylation sites is 1. The van der Waals surface area contributed by atoms with Crippen molar-refractivity contribution in [2.24, 2.45) is 0 Å². The van der Waals surface area contributed by atoms with Crippen LogP contribution in [0.25, 0.3) is 0 Å². The molecular formula is C21H25FN2O2. The molecule has 0 aromatic heterocycles. The summed E-state index contributed by atoms with van der Waals surface area (Å²) < 4.78 is 13.9. The zero-order chi connectivity index (χ0) is 19.3. The Balaban J connectivity index is 1.99. The molecule has 2 amide bonds. The van der Waals surface area contributed by atoms with E-state index in [4.69, 9.17) is 0 Å². The molecule has 0 aliphatic carbocycles. The monoisotopic (exact) mass is 356 g/mol. The Morgan fingerprint density at radius 2 is 1.65 bits per heavy atom. The van der Waals surface area contributed by atoms with Gasteiger partial charge in [-0.25, -0.2) is 4.39 Å². The highest BCUT2D eigenvalue weighted by atomic mass is 19.1. The molecule has 0 saturated heterocycles. The van der Waals surface area contributed by atoms with Crippen LogP contribution in [-0.4, -0.2) is 18.4 Å². The van der Waals surface area contributed by atoms with Crippen molar-refractivity contribution in [3.05, 3.63) is 59.9 Å². The standard InChI is InChI=1S/C21H25FN2O2/c1-15(25)24(19-8-6-5-7-18(19)22)14-13-20(26)23-17-11-9-16(10-12-17)21(2,3)4/h5-12H,13-14H2,1-4H3,(H,23,26). The van der Waals surface area contributed by atoms with Crippen LogP contribution >= 0.6 is 0 Å². The van der Waals surface area contributed by atoms with Gasteiger partial charge in [-0.15, -0.1) is 0 Å². The van der Waals surface area contributed by atoms with Crippen LogP contribution < -0.4 is 10.2 Å². The fourth-order valence-corrected chi connectivity index (χ4v) is 2.61. The highest BCUT2D eigenvalue weighted by molar-refractivity contribution is 5.94. The van der Waals surface area contributed by atoms with Crippen molar-refractivity contribution in [1.82, 2.24) is 0 Å². The van der Waals surface area contributed by atoms with Crippen LogP contribution in [0.2, 0.25) is 0 Å². The molecule has 26 heavy (non-hydrogen) atoms. The maximum absolute atomic E-state index is 13.9. The maximum atomic E-state index is 13.9. The Bertz CT molecular complexity index is 779. The predicted molar refractivity (Wildman–Crippen MR) is 103 cm³/mol. The first kappa shape index (κ1) is 19.6. The van der Waals surface area contributed by atoms with Gasteiger partial charge in [-0.3, -0.25) is 9.59 Å². The summed E-state index contributed by atoms with van der Waals surface area (Å²) in [4.78, 5) is 25.3. The third kappa shape index (κ3) is 5.15. The minimum absolute atomic E-state index is 0.0459. The van der Waals surface area contributed by atoms with E-state index in [1.165, 1.54) is 29.5 Å². The molecule has 2 aromatic rings. The van der Waals surface area contributed by atoms with Gasteiger partial charge in [0, 0.05) is 25.6 Å². The maximum Gasteiger partial charge on any atom is 0.226 e. The molecule has 0 atom stereocenters. The molecule has 0 spiro atoms. The molecule has 1 N–H and O–H groups in total. The van der Waals surface area contributed by atoms with Gasteiger partial charge < -0.3 is 10.2 Å². The van der Waals surface area contributed by atoms with Crippen LogP contribution in [0.3, 0.4) is 0 Å². The molecule has 0 aliphatic heterocycles. The Labute approximate surface area is 154 Å². The van der Waals surface area contributed by atoms with Crippen LogP contribution in [0.4, 0.5) is 15.8 Å². The molecule has 0 saturated carbocycles. The van der Waals surface area contributed by atoms with E-state index in [-0.39, 0.29) is 35.9 Å². The van der Waals surface area contributed by atoms with Gasteiger partial charge in [-0.1, -0.05) is 45.0 Å². The number of rotatable bonds is 5. The summed E-state index contributed by atoms with van der Waals surface area (Å²) in [5.41, 5.74) is 2.10. The van der Waals surface area contributed by atoms with Gasteiger partial charge in [0.1, 0.15) is 5.82 Å². The molecule has 2 aromatic carbocycles. The van der Waals surface area contributed by atoms with E-state index in [0.29, 0.717) is 5.69 Å². The Morgan fingerprint density at radius 3 is 2.19 bits per heavy atom. The minimum Gasteiger partial charge on any atom is -0.326 e. The lowest BCUT2D eigenvalue weighted by molar-refractivity contribution is -0.117. The summed E-state index contributed by atoms with van der Waals surface area (Å²) in [7, 11) is 0. The lowest BCUT2D eigenvalue weighted by Crippen LogP contribution is -2.32. The highest BCUT2D eigenvalue weighted by Crippen LogP contribution is 2.23. The summed E-state index contributed by atoms with van der Waals surface area (Å²) in [5, 5.41) is 2.81. The molecule has 5 heteroatoms. The highest BCUT2D eigenvalue weighted by Gasteiger charge is 2.17. The van der Waals surface area contributed by atoms with E-state index in [2.05, 4.69) is 26.1 Å². The van der Waals surface area contributed by atoms with Gasteiger partial charge >= 0.3 is 0 Å². The second kappa shape index (κ2) is 8.13. The molecule has 0 heterocycles. The normalized spacial score (nSPS) is 11.1. The SMILES string of the molecule is CC(=O)N(CCC(=O)Nc1ccc(C(C)(C)C)cc1)c1ccccc1F. The Hall–Kier alpha value is -2.69. The smallest absolute Gasteiger partial charge is 0.226 e. The molecule has 0 unspecified atom stereocenters. The number of carbonyl (C=O) groups is 2. The summed E-state index contributed by atoms with van der Waals surface area (Å²) in [5.74, 6) is -1.02. The number of benzene rings is 2. The first-order valence-electron chi connectivity index (χ1n) is 8.61. The van der Waals surface area contributed by atoms with Gasteiger partial charge in [0.05, 0.1) is 5.69 Å². The summed E-state index contributed by atoms with van der Waals surface area (Å²) >= 11 is 0. The quantitative estimate of drug-likeness (QED) is 0.857. The Kier molecular flexibility index (Phi) is 6.14. The number of anilines is 2. The zero-order valence-corrected chi connectivity index (χ0v) is 15.7. The van der Waals surface area contributed by atoms with E-state index < -0.39 is 5.82 Å². The molecule has 0 fully saturated rings. The predicted octanol–water partition coefficient (Wildman–Crippen LogP) is 4.50. The topological polar surface area (TPSA) is 49.4 Å². The molecule has 2 rings (SSSR count). The largest absolute Gasteiger partial charge is 0.326 e. The number of halogens is 1. The third-order valence-corrected chi connectivity index (χ3v) is 4.12. The van der Waals surface area contributed by atoms with Gasteiger partial charge in [0.2, 0.25) is 11.8 Å². The van der Waals surface area contributed by atoms with E-state index in [0.717, 1.165) is 0 Å². The number of hydrogen-bond acceptors (Lipinski definition) is 2.